The van der Waals surface area contributed by atoms with Crippen LogP contribution in [0.25, 0.3) is 5.65 Å². The van der Waals surface area contributed by atoms with Crippen LogP contribution >= 0.6 is 0 Å². The maximum absolute atomic E-state index is 12.8. The second-order valence-electron chi connectivity index (χ2n) is 6.86. The molecule has 0 radical (unpaired) electrons. The van der Waals surface area contributed by atoms with Crippen LogP contribution in [-0.4, -0.2) is 33.3 Å². The van der Waals surface area contributed by atoms with Crippen molar-refractivity contribution in [3.05, 3.63) is 46.0 Å². The first-order chi connectivity index (χ1) is 11.5. The standard InChI is InChI=1S/C19H25N3O2/c1-4-14-7-9-15(10-8-14)21(3)18(23)16-12-20-17-13(2)6-5-11-22(17)19(16)24/h5-6,11-12,14-15H,4,7-10H2,1-3H3. The number of carbonyl (C=O) groups is 1. The van der Waals surface area contributed by atoms with Gasteiger partial charge in [0.15, 0.2) is 0 Å². The highest BCUT2D eigenvalue weighted by molar-refractivity contribution is 5.93. The molecule has 0 aliphatic heterocycles. The molecule has 2 heterocycles. The molecule has 0 N–H and O–H groups in total. The third kappa shape index (κ3) is 2.95. The maximum atomic E-state index is 12.8. The van der Waals surface area contributed by atoms with E-state index in [-0.39, 0.29) is 23.1 Å². The van der Waals surface area contributed by atoms with Crippen LogP contribution in [0.15, 0.2) is 29.3 Å². The molecular formula is C19H25N3O2. The van der Waals surface area contributed by atoms with E-state index < -0.39 is 0 Å². The largest absolute Gasteiger partial charge is 0.339 e. The first kappa shape index (κ1) is 16.7. The number of aromatic nitrogens is 2. The summed E-state index contributed by atoms with van der Waals surface area (Å²) < 4.78 is 1.46. The molecule has 5 heteroatoms. The van der Waals surface area contributed by atoms with Gasteiger partial charge in [-0.3, -0.25) is 14.0 Å². The van der Waals surface area contributed by atoms with Gasteiger partial charge in [0.05, 0.1) is 0 Å². The summed E-state index contributed by atoms with van der Waals surface area (Å²) in [6, 6.07) is 3.93. The Morgan fingerprint density at radius 2 is 2.04 bits per heavy atom. The molecule has 1 aliphatic carbocycles. The molecule has 0 aromatic carbocycles. The topological polar surface area (TPSA) is 54.7 Å². The Bertz CT molecular complexity index is 804. The van der Waals surface area contributed by atoms with Gasteiger partial charge < -0.3 is 4.90 Å². The lowest BCUT2D eigenvalue weighted by Crippen LogP contribution is -2.41. The van der Waals surface area contributed by atoms with Crippen LogP contribution in [0.5, 0.6) is 0 Å². The Labute approximate surface area is 142 Å². The van der Waals surface area contributed by atoms with Gasteiger partial charge in [0.1, 0.15) is 11.2 Å². The van der Waals surface area contributed by atoms with Crippen molar-refractivity contribution in [3.63, 3.8) is 0 Å². The normalized spacial score (nSPS) is 21.0. The van der Waals surface area contributed by atoms with E-state index in [9.17, 15) is 9.59 Å². The highest BCUT2D eigenvalue weighted by Crippen LogP contribution is 2.29. The highest BCUT2D eigenvalue weighted by Gasteiger charge is 2.28. The van der Waals surface area contributed by atoms with E-state index in [0.717, 1.165) is 37.2 Å². The SMILES string of the molecule is CCC1CCC(N(C)C(=O)c2cnc3c(C)cccn3c2=O)CC1. The molecule has 0 bridgehead atoms. The van der Waals surface area contributed by atoms with Gasteiger partial charge in [0, 0.05) is 25.5 Å². The number of hydrogen-bond donors (Lipinski definition) is 0. The number of nitrogens with zero attached hydrogens (tertiary/aromatic N) is 3. The second kappa shape index (κ2) is 6.75. The van der Waals surface area contributed by atoms with Crippen LogP contribution in [0.1, 0.15) is 54.9 Å². The number of aryl methyl sites for hydroxylation is 1. The Hall–Kier alpha value is -2.17. The summed E-state index contributed by atoms with van der Waals surface area (Å²) in [4.78, 5) is 31.6. The molecule has 1 saturated carbocycles. The van der Waals surface area contributed by atoms with Crippen LogP contribution in [0, 0.1) is 12.8 Å². The lowest BCUT2D eigenvalue weighted by molar-refractivity contribution is 0.0672. The fraction of sp³-hybridized carbons (Fsp3) is 0.526. The summed E-state index contributed by atoms with van der Waals surface area (Å²) in [5.41, 5.74) is 1.38. The fourth-order valence-electron chi connectivity index (χ4n) is 3.69. The van der Waals surface area contributed by atoms with E-state index in [4.69, 9.17) is 0 Å². The van der Waals surface area contributed by atoms with Crippen molar-refractivity contribution < 1.29 is 4.79 Å². The van der Waals surface area contributed by atoms with E-state index in [1.807, 2.05) is 20.0 Å². The summed E-state index contributed by atoms with van der Waals surface area (Å²) in [7, 11) is 1.81. The van der Waals surface area contributed by atoms with Crippen LogP contribution in [0.2, 0.25) is 0 Å². The number of fused-ring (bicyclic) bond motifs is 1. The molecule has 3 rings (SSSR count). The Kier molecular flexibility index (Phi) is 4.69. The van der Waals surface area contributed by atoms with Crippen molar-refractivity contribution in [2.75, 3.05) is 7.05 Å². The number of rotatable bonds is 3. The minimum atomic E-state index is -0.289. The predicted molar refractivity (Wildman–Crippen MR) is 94.3 cm³/mol. The van der Waals surface area contributed by atoms with E-state index in [1.54, 1.807) is 17.2 Å². The lowest BCUT2D eigenvalue weighted by atomic mass is 9.84. The minimum absolute atomic E-state index is 0.151. The molecular weight excluding hydrogens is 302 g/mol. The molecule has 1 fully saturated rings. The van der Waals surface area contributed by atoms with Gasteiger partial charge in [-0.2, -0.15) is 0 Å². The molecule has 2 aromatic rings. The zero-order valence-electron chi connectivity index (χ0n) is 14.7. The Morgan fingerprint density at radius 1 is 1.33 bits per heavy atom. The van der Waals surface area contributed by atoms with Gasteiger partial charge in [-0.25, -0.2) is 4.98 Å². The van der Waals surface area contributed by atoms with Gasteiger partial charge >= 0.3 is 0 Å². The van der Waals surface area contributed by atoms with Crippen LogP contribution in [0.4, 0.5) is 0 Å². The molecule has 0 unspecified atom stereocenters. The second-order valence-corrected chi connectivity index (χ2v) is 6.86. The van der Waals surface area contributed by atoms with Gasteiger partial charge in [0.2, 0.25) is 0 Å². The van der Waals surface area contributed by atoms with E-state index in [2.05, 4.69) is 11.9 Å². The van der Waals surface area contributed by atoms with Gasteiger partial charge in [-0.05, 0) is 50.2 Å². The average Bonchev–Trinajstić information content (AvgIpc) is 2.61. The quantitative estimate of drug-likeness (QED) is 0.870. The monoisotopic (exact) mass is 327 g/mol. The lowest BCUT2D eigenvalue weighted by Gasteiger charge is -2.34. The first-order valence-corrected chi connectivity index (χ1v) is 8.77. The number of amides is 1. The van der Waals surface area contributed by atoms with Crippen LogP contribution in [-0.2, 0) is 0 Å². The van der Waals surface area contributed by atoms with E-state index >= 15 is 0 Å². The average molecular weight is 327 g/mol. The highest BCUT2D eigenvalue weighted by atomic mass is 16.2. The summed E-state index contributed by atoms with van der Waals surface area (Å²) in [6.07, 6.45) is 8.66. The van der Waals surface area contributed by atoms with Crippen molar-refractivity contribution in [2.45, 2.75) is 52.0 Å². The summed E-state index contributed by atoms with van der Waals surface area (Å²) in [5.74, 6) is 0.559. The van der Waals surface area contributed by atoms with Crippen LogP contribution < -0.4 is 5.56 Å². The summed E-state index contributed by atoms with van der Waals surface area (Å²) >= 11 is 0. The van der Waals surface area contributed by atoms with Crippen LogP contribution in [0.3, 0.4) is 0 Å². The minimum Gasteiger partial charge on any atom is -0.339 e. The van der Waals surface area contributed by atoms with E-state index in [1.165, 1.54) is 17.0 Å². The molecule has 0 atom stereocenters. The van der Waals surface area contributed by atoms with Crippen molar-refractivity contribution in [3.8, 4) is 0 Å². The molecule has 128 valence electrons. The molecule has 1 aliphatic rings. The van der Waals surface area contributed by atoms with Gasteiger partial charge in [0.25, 0.3) is 11.5 Å². The third-order valence-corrected chi connectivity index (χ3v) is 5.42. The van der Waals surface area contributed by atoms with Crippen molar-refractivity contribution >= 4 is 11.6 Å². The molecule has 24 heavy (non-hydrogen) atoms. The molecule has 0 saturated heterocycles. The Balaban J connectivity index is 1.86. The van der Waals surface area contributed by atoms with E-state index in [0.29, 0.717) is 5.65 Å². The smallest absolute Gasteiger partial charge is 0.270 e. The summed E-state index contributed by atoms with van der Waals surface area (Å²) in [6.45, 7) is 4.13. The molecule has 5 nitrogen and oxygen atoms in total. The first-order valence-electron chi connectivity index (χ1n) is 8.77. The summed E-state index contributed by atoms with van der Waals surface area (Å²) in [5, 5.41) is 0. The van der Waals surface area contributed by atoms with Gasteiger partial charge in [-0.15, -0.1) is 0 Å². The number of carbonyl (C=O) groups excluding carboxylic acids is 1. The van der Waals surface area contributed by atoms with Crippen molar-refractivity contribution in [2.24, 2.45) is 5.92 Å². The van der Waals surface area contributed by atoms with Crippen molar-refractivity contribution in [1.29, 1.82) is 0 Å². The van der Waals surface area contributed by atoms with Gasteiger partial charge in [-0.1, -0.05) is 19.4 Å². The zero-order chi connectivity index (χ0) is 17.3. The number of pyridine rings is 1. The maximum Gasteiger partial charge on any atom is 0.270 e. The molecule has 1 amide bonds. The fourth-order valence-corrected chi connectivity index (χ4v) is 3.69. The number of hydrogen-bond acceptors (Lipinski definition) is 3. The van der Waals surface area contributed by atoms with Crippen molar-refractivity contribution in [1.82, 2.24) is 14.3 Å². The molecule has 0 spiro atoms. The predicted octanol–water partition coefficient (Wildman–Crippen LogP) is 3.04. The third-order valence-electron chi connectivity index (χ3n) is 5.42. The Morgan fingerprint density at radius 3 is 2.71 bits per heavy atom. The zero-order valence-corrected chi connectivity index (χ0v) is 14.7. The molecule has 2 aromatic heterocycles.